The molecule has 0 aromatic heterocycles. The third-order valence-corrected chi connectivity index (χ3v) is 6.64. The van der Waals surface area contributed by atoms with Crippen LogP contribution in [0.2, 0.25) is 0 Å². The Balaban J connectivity index is 0.00000243. The number of hydrogen-bond acceptors (Lipinski definition) is 5. The van der Waals surface area contributed by atoms with Gasteiger partial charge in [-0.15, -0.1) is 12.4 Å². The molecule has 1 saturated heterocycles. The van der Waals surface area contributed by atoms with Gasteiger partial charge < -0.3 is 15.8 Å². The van der Waals surface area contributed by atoms with E-state index in [4.69, 9.17) is 10.5 Å². The van der Waals surface area contributed by atoms with Gasteiger partial charge in [0.25, 0.3) is 0 Å². The zero-order valence-electron chi connectivity index (χ0n) is 14.2. The van der Waals surface area contributed by atoms with Crippen molar-refractivity contribution in [2.24, 2.45) is 5.73 Å². The number of anilines is 1. The maximum absolute atomic E-state index is 14.2. The number of carbonyl (C=O) groups excluding carboxylic acids is 1. The second kappa shape index (κ2) is 8.18. The van der Waals surface area contributed by atoms with E-state index in [2.05, 4.69) is 5.32 Å². The molecule has 0 unspecified atom stereocenters. The lowest BCUT2D eigenvalue weighted by atomic mass is 9.98. The van der Waals surface area contributed by atoms with Gasteiger partial charge in [-0.05, 0) is 31.0 Å². The molecule has 3 N–H and O–H groups in total. The van der Waals surface area contributed by atoms with Gasteiger partial charge in [0.15, 0.2) is 0 Å². The van der Waals surface area contributed by atoms with Crippen LogP contribution < -0.4 is 11.1 Å². The Bertz CT molecular complexity index is 763. The van der Waals surface area contributed by atoms with E-state index < -0.39 is 26.3 Å². The first-order chi connectivity index (χ1) is 11.8. The second-order valence-electron chi connectivity index (χ2n) is 6.48. The van der Waals surface area contributed by atoms with E-state index >= 15 is 0 Å². The minimum absolute atomic E-state index is 0. The van der Waals surface area contributed by atoms with Gasteiger partial charge in [-0.3, -0.25) is 4.79 Å². The Kier molecular flexibility index (Phi) is 6.62. The number of hydrogen-bond donors (Lipinski definition) is 2. The highest BCUT2D eigenvalue weighted by Gasteiger charge is 2.37. The number of nitrogens with one attached hydrogen (secondary N) is 1. The van der Waals surface area contributed by atoms with Crippen molar-refractivity contribution in [3.05, 3.63) is 24.0 Å². The monoisotopic (exact) mass is 407 g/mol. The van der Waals surface area contributed by atoms with Gasteiger partial charge in [0.1, 0.15) is 10.7 Å². The molecule has 0 atom stereocenters. The summed E-state index contributed by atoms with van der Waals surface area (Å²) in [5, 5.41) is 2.63. The minimum Gasteiger partial charge on any atom is -0.379 e. The first kappa shape index (κ1) is 21.0. The van der Waals surface area contributed by atoms with Crippen LogP contribution in [0.3, 0.4) is 0 Å². The van der Waals surface area contributed by atoms with Crippen LogP contribution in [0.1, 0.15) is 25.7 Å². The molecule has 7 nitrogen and oxygen atoms in total. The highest BCUT2D eigenvalue weighted by atomic mass is 35.5. The topological polar surface area (TPSA) is 102 Å². The summed E-state index contributed by atoms with van der Waals surface area (Å²) in [6, 6.07) is 3.53. The smallest absolute Gasteiger partial charge is 0.246 e. The number of sulfonamides is 1. The molecule has 3 rings (SSSR count). The molecule has 1 heterocycles. The number of nitrogens with zero attached hydrogens (tertiary/aromatic N) is 1. The van der Waals surface area contributed by atoms with E-state index in [0.717, 1.165) is 25.0 Å². The summed E-state index contributed by atoms with van der Waals surface area (Å²) in [5.41, 5.74) is 5.37. The normalized spacial score (nSPS) is 20.4. The van der Waals surface area contributed by atoms with Crippen molar-refractivity contribution in [3.8, 4) is 0 Å². The van der Waals surface area contributed by atoms with Crippen LogP contribution in [0.5, 0.6) is 0 Å². The quantitative estimate of drug-likeness (QED) is 0.787. The maximum Gasteiger partial charge on any atom is 0.246 e. The van der Waals surface area contributed by atoms with E-state index in [1.165, 1.54) is 10.4 Å². The molecule has 0 radical (unpaired) electrons. The molecule has 0 spiro atoms. The van der Waals surface area contributed by atoms with Crippen molar-refractivity contribution >= 4 is 34.0 Å². The van der Waals surface area contributed by atoms with Crippen molar-refractivity contribution in [1.29, 1.82) is 0 Å². The Morgan fingerprint density at radius 2 is 1.85 bits per heavy atom. The summed E-state index contributed by atoms with van der Waals surface area (Å²) in [7, 11) is -3.99. The Morgan fingerprint density at radius 1 is 1.23 bits per heavy atom. The number of benzene rings is 1. The van der Waals surface area contributed by atoms with Gasteiger partial charge in [0.05, 0.1) is 18.8 Å². The number of amides is 1. The summed E-state index contributed by atoms with van der Waals surface area (Å²) < 4.78 is 45.8. The van der Waals surface area contributed by atoms with Gasteiger partial charge in [-0.25, -0.2) is 12.8 Å². The average Bonchev–Trinajstić information content (AvgIpc) is 3.05. The molecule has 2 fully saturated rings. The molecule has 1 aromatic carbocycles. The molecule has 146 valence electrons. The van der Waals surface area contributed by atoms with Crippen molar-refractivity contribution in [1.82, 2.24) is 4.31 Å². The predicted molar refractivity (Wildman–Crippen MR) is 97.2 cm³/mol. The summed E-state index contributed by atoms with van der Waals surface area (Å²) in [4.78, 5) is 11.9. The van der Waals surface area contributed by atoms with E-state index in [0.29, 0.717) is 12.8 Å². The molecule has 2 aliphatic rings. The highest BCUT2D eigenvalue weighted by Crippen LogP contribution is 2.29. The number of nitrogens with two attached hydrogens (primary N) is 1. The maximum atomic E-state index is 14.2. The molecule has 26 heavy (non-hydrogen) atoms. The number of ether oxygens (including phenoxy) is 1. The number of carbonyl (C=O) groups is 1. The fraction of sp³-hybridized carbons (Fsp3) is 0.562. The molecular formula is C16H23ClFN3O4S. The highest BCUT2D eigenvalue weighted by molar-refractivity contribution is 7.89. The van der Waals surface area contributed by atoms with Crippen LogP contribution in [-0.4, -0.2) is 50.5 Å². The summed E-state index contributed by atoms with van der Waals surface area (Å²) in [6.45, 7) is 0.883. The first-order valence-corrected chi connectivity index (χ1v) is 9.75. The molecule has 1 aromatic rings. The first-order valence-electron chi connectivity index (χ1n) is 8.31. The van der Waals surface area contributed by atoms with Crippen molar-refractivity contribution in [2.75, 3.05) is 31.6 Å². The average molecular weight is 408 g/mol. The lowest BCUT2D eigenvalue weighted by Gasteiger charge is -2.26. The fourth-order valence-corrected chi connectivity index (χ4v) is 4.69. The lowest BCUT2D eigenvalue weighted by molar-refractivity contribution is -0.121. The SMILES string of the molecule is Cl.NC1(C(=O)Nc2ccc(F)c(S(=O)(=O)N3CCOCC3)c2)CCCC1. The van der Waals surface area contributed by atoms with Crippen LogP contribution in [-0.2, 0) is 19.6 Å². The van der Waals surface area contributed by atoms with Gasteiger partial charge in [0.2, 0.25) is 15.9 Å². The van der Waals surface area contributed by atoms with Crippen molar-refractivity contribution in [2.45, 2.75) is 36.1 Å². The zero-order chi connectivity index (χ0) is 18.1. The Hall–Kier alpha value is -1.26. The molecule has 0 bridgehead atoms. The van der Waals surface area contributed by atoms with Gasteiger partial charge >= 0.3 is 0 Å². The minimum atomic E-state index is -3.99. The van der Waals surface area contributed by atoms with Gasteiger partial charge in [-0.2, -0.15) is 4.31 Å². The summed E-state index contributed by atoms with van der Waals surface area (Å²) in [6.07, 6.45) is 2.92. The molecule has 1 amide bonds. The molecular weight excluding hydrogens is 385 g/mol. The van der Waals surface area contributed by atoms with E-state index in [9.17, 15) is 17.6 Å². The Labute approximate surface area is 158 Å². The largest absolute Gasteiger partial charge is 0.379 e. The lowest BCUT2D eigenvalue weighted by Crippen LogP contribution is -2.48. The van der Waals surface area contributed by atoms with E-state index in [1.54, 1.807) is 0 Å². The number of rotatable bonds is 4. The molecule has 1 aliphatic carbocycles. The Morgan fingerprint density at radius 3 is 2.46 bits per heavy atom. The molecule has 1 aliphatic heterocycles. The number of morpholine rings is 1. The van der Waals surface area contributed by atoms with Crippen LogP contribution in [0, 0.1) is 5.82 Å². The fourth-order valence-electron chi connectivity index (χ4n) is 3.19. The number of halogens is 2. The van der Waals surface area contributed by atoms with Crippen LogP contribution >= 0.6 is 12.4 Å². The van der Waals surface area contributed by atoms with Gasteiger partial charge in [-0.1, -0.05) is 12.8 Å². The predicted octanol–water partition coefficient (Wildman–Crippen LogP) is 1.48. The second-order valence-corrected chi connectivity index (χ2v) is 8.39. The van der Waals surface area contributed by atoms with Gasteiger partial charge in [0, 0.05) is 18.8 Å². The van der Waals surface area contributed by atoms with Crippen LogP contribution in [0.25, 0.3) is 0 Å². The molecule has 10 heteroatoms. The van der Waals surface area contributed by atoms with Crippen molar-refractivity contribution < 1.29 is 22.3 Å². The standard InChI is InChI=1S/C16H22FN3O4S.ClH/c17-13-4-3-12(19-15(21)16(18)5-1-2-6-16)11-14(13)25(22,23)20-7-9-24-10-8-20;/h3-4,11H,1-2,5-10,18H2,(H,19,21);1H. The van der Waals surface area contributed by atoms with Crippen LogP contribution in [0.4, 0.5) is 10.1 Å². The molecule has 1 saturated carbocycles. The summed E-state index contributed by atoms with van der Waals surface area (Å²) in [5.74, 6) is -1.22. The third-order valence-electron chi connectivity index (χ3n) is 4.72. The zero-order valence-corrected chi connectivity index (χ0v) is 15.9. The van der Waals surface area contributed by atoms with E-state index in [1.807, 2.05) is 0 Å². The van der Waals surface area contributed by atoms with E-state index in [-0.39, 0.29) is 50.3 Å². The summed E-state index contributed by atoms with van der Waals surface area (Å²) >= 11 is 0. The van der Waals surface area contributed by atoms with Crippen LogP contribution in [0.15, 0.2) is 23.1 Å². The third kappa shape index (κ3) is 4.17. The van der Waals surface area contributed by atoms with Crippen molar-refractivity contribution in [3.63, 3.8) is 0 Å².